The first-order valence-corrected chi connectivity index (χ1v) is 9.45. The zero-order valence-electron chi connectivity index (χ0n) is 15.3. The van der Waals surface area contributed by atoms with Crippen molar-refractivity contribution in [3.8, 4) is 0 Å². The number of para-hydroxylation sites is 1. The molecule has 3 aromatic rings. The predicted octanol–water partition coefficient (Wildman–Crippen LogP) is 4.04. The van der Waals surface area contributed by atoms with Crippen LogP contribution in [0.5, 0.6) is 0 Å². The quantitative estimate of drug-likeness (QED) is 0.722. The highest BCUT2D eigenvalue weighted by atomic mass is 16.1. The summed E-state index contributed by atoms with van der Waals surface area (Å²) >= 11 is 0. The molecule has 1 amide bonds. The van der Waals surface area contributed by atoms with Gasteiger partial charge in [0.2, 0.25) is 0 Å². The lowest BCUT2D eigenvalue weighted by Crippen LogP contribution is -2.34. The number of H-pyrrole nitrogens is 1. The number of hydrogen-bond acceptors (Lipinski definition) is 3. The number of carbonyl (C=O) groups excluding carboxylic acids is 1. The summed E-state index contributed by atoms with van der Waals surface area (Å²) in [5.74, 6) is 0.446. The van der Waals surface area contributed by atoms with Crippen molar-refractivity contribution in [3.05, 3.63) is 83.7 Å². The minimum Gasteiger partial charge on any atom is -0.322 e. The van der Waals surface area contributed by atoms with E-state index in [-0.39, 0.29) is 5.91 Å². The molecule has 5 heteroatoms. The number of aromatic nitrogens is 2. The Morgan fingerprint density at radius 3 is 2.67 bits per heavy atom. The number of likely N-dealkylation sites (tertiary alicyclic amines) is 1. The van der Waals surface area contributed by atoms with Gasteiger partial charge in [0.05, 0.1) is 0 Å². The van der Waals surface area contributed by atoms with Gasteiger partial charge in [-0.3, -0.25) is 14.8 Å². The summed E-state index contributed by atoms with van der Waals surface area (Å²) in [5.41, 5.74) is 3.95. The van der Waals surface area contributed by atoms with Gasteiger partial charge < -0.3 is 5.32 Å². The fraction of sp³-hybridized carbons (Fsp3) is 0.273. The van der Waals surface area contributed by atoms with Crippen molar-refractivity contribution in [1.82, 2.24) is 15.1 Å². The number of hydrogen-bond donors (Lipinski definition) is 2. The number of piperidine rings is 1. The number of carbonyl (C=O) groups is 1. The first-order chi connectivity index (χ1) is 13.3. The number of aromatic amines is 1. The van der Waals surface area contributed by atoms with Crippen LogP contribution >= 0.6 is 0 Å². The van der Waals surface area contributed by atoms with E-state index in [1.165, 1.54) is 24.1 Å². The summed E-state index contributed by atoms with van der Waals surface area (Å²) in [7, 11) is 0. The zero-order valence-corrected chi connectivity index (χ0v) is 15.3. The summed E-state index contributed by atoms with van der Waals surface area (Å²) in [6, 6.07) is 19.5. The van der Waals surface area contributed by atoms with E-state index in [4.69, 9.17) is 0 Å². The molecular weight excluding hydrogens is 336 g/mol. The molecule has 0 bridgehead atoms. The molecule has 1 atom stereocenters. The molecule has 4 rings (SSSR count). The molecule has 0 saturated carbocycles. The fourth-order valence-corrected chi connectivity index (χ4v) is 3.69. The normalized spacial score (nSPS) is 17.6. The molecule has 2 N–H and O–H groups in total. The minimum absolute atomic E-state index is 0.0787. The van der Waals surface area contributed by atoms with E-state index in [1.807, 2.05) is 48.7 Å². The number of nitrogens with zero attached hydrogens (tertiary/aromatic N) is 2. The molecule has 1 aliphatic heterocycles. The predicted molar refractivity (Wildman–Crippen MR) is 107 cm³/mol. The molecule has 1 aromatic heterocycles. The molecule has 1 aliphatic rings. The van der Waals surface area contributed by atoms with Crippen LogP contribution in [0.4, 0.5) is 5.69 Å². The maximum absolute atomic E-state index is 12.4. The first-order valence-electron chi connectivity index (χ1n) is 9.45. The van der Waals surface area contributed by atoms with Crippen LogP contribution in [0, 0.1) is 0 Å². The van der Waals surface area contributed by atoms with Gasteiger partial charge in [0.1, 0.15) is 0 Å². The number of amides is 1. The van der Waals surface area contributed by atoms with Gasteiger partial charge >= 0.3 is 0 Å². The van der Waals surface area contributed by atoms with Crippen LogP contribution in [0.2, 0.25) is 0 Å². The molecule has 138 valence electrons. The molecule has 1 fully saturated rings. The standard InChI is InChI=1S/C22H24N4O/c27-22(24-20-6-2-1-3-7-20)18-10-8-17(9-11-18)15-26-14-4-5-19(16-26)21-12-13-23-25-21/h1-3,6-13,19H,4-5,14-16H2,(H,23,25)(H,24,27). The molecular formula is C22H24N4O. The smallest absolute Gasteiger partial charge is 0.255 e. The highest BCUT2D eigenvalue weighted by Gasteiger charge is 2.22. The Balaban J connectivity index is 1.35. The van der Waals surface area contributed by atoms with Crippen LogP contribution in [0.1, 0.15) is 40.4 Å². The van der Waals surface area contributed by atoms with Crippen LogP contribution in [-0.2, 0) is 6.54 Å². The van der Waals surface area contributed by atoms with Crippen LogP contribution in [0.25, 0.3) is 0 Å². The van der Waals surface area contributed by atoms with Crippen LogP contribution in [-0.4, -0.2) is 34.1 Å². The summed E-state index contributed by atoms with van der Waals surface area (Å²) in [6.07, 6.45) is 4.23. The van der Waals surface area contributed by atoms with E-state index in [9.17, 15) is 4.79 Å². The minimum atomic E-state index is -0.0787. The summed E-state index contributed by atoms with van der Waals surface area (Å²) in [6.45, 7) is 3.06. The van der Waals surface area contributed by atoms with Gasteiger partial charge in [-0.2, -0.15) is 5.10 Å². The van der Waals surface area contributed by atoms with Crippen molar-refractivity contribution in [2.24, 2.45) is 0 Å². The Hall–Kier alpha value is -2.92. The van der Waals surface area contributed by atoms with Crippen molar-refractivity contribution in [2.45, 2.75) is 25.3 Å². The summed E-state index contributed by atoms with van der Waals surface area (Å²) in [4.78, 5) is 14.8. The lowest BCUT2D eigenvalue weighted by Gasteiger charge is -2.32. The topological polar surface area (TPSA) is 61.0 Å². The number of rotatable bonds is 5. The van der Waals surface area contributed by atoms with Gasteiger partial charge in [-0.25, -0.2) is 0 Å². The monoisotopic (exact) mass is 360 g/mol. The maximum Gasteiger partial charge on any atom is 0.255 e. The van der Waals surface area contributed by atoms with E-state index in [0.717, 1.165) is 25.3 Å². The third-order valence-corrected chi connectivity index (χ3v) is 5.12. The molecule has 0 aliphatic carbocycles. The van der Waals surface area contributed by atoms with Gasteiger partial charge in [-0.05, 0) is 55.3 Å². The highest BCUT2D eigenvalue weighted by molar-refractivity contribution is 6.04. The summed E-state index contributed by atoms with van der Waals surface area (Å²) < 4.78 is 0. The van der Waals surface area contributed by atoms with Crippen molar-refractivity contribution in [1.29, 1.82) is 0 Å². The van der Waals surface area contributed by atoms with Crippen molar-refractivity contribution in [2.75, 3.05) is 18.4 Å². The third kappa shape index (κ3) is 4.44. The van der Waals surface area contributed by atoms with E-state index in [1.54, 1.807) is 0 Å². The molecule has 2 heterocycles. The van der Waals surface area contributed by atoms with Gasteiger partial charge in [-0.15, -0.1) is 0 Å². The Morgan fingerprint density at radius 2 is 1.93 bits per heavy atom. The van der Waals surface area contributed by atoms with Crippen LogP contribution in [0.15, 0.2) is 66.9 Å². The Labute approximate surface area is 159 Å². The second-order valence-corrected chi connectivity index (χ2v) is 7.10. The Morgan fingerprint density at radius 1 is 1.11 bits per heavy atom. The van der Waals surface area contributed by atoms with Crippen LogP contribution in [0.3, 0.4) is 0 Å². The van der Waals surface area contributed by atoms with Crippen molar-refractivity contribution >= 4 is 11.6 Å². The molecule has 0 radical (unpaired) electrons. The second-order valence-electron chi connectivity index (χ2n) is 7.10. The fourth-order valence-electron chi connectivity index (χ4n) is 3.69. The van der Waals surface area contributed by atoms with Crippen LogP contribution < -0.4 is 5.32 Å². The second kappa shape index (κ2) is 8.18. The number of benzene rings is 2. The lowest BCUT2D eigenvalue weighted by atomic mass is 9.94. The maximum atomic E-state index is 12.4. The van der Waals surface area contributed by atoms with E-state index < -0.39 is 0 Å². The molecule has 1 saturated heterocycles. The molecule has 0 spiro atoms. The van der Waals surface area contributed by atoms with E-state index >= 15 is 0 Å². The number of anilines is 1. The Bertz CT molecular complexity index is 859. The SMILES string of the molecule is O=C(Nc1ccccc1)c1ccc(CN2CCCC(c3ccn[nH]3)C2)cc1. The highest BCUT2D eigenvalue weighted by Crippen LogP contribution is 2.26. The van der Waals surface area contributed by atoms with Crippen molar-refractivity contribution in [3.63, 3.8) is 0 Å². The molecule has 1 unspecified atom stereocenters. The van der Waals surface area contributed by atoms with Gasteiger partial charge in [-0.1, -0.05) is 30.3 Å². The van der Waals surface area contributed by atoms with Crippen molar-refractivity contribution < 1.29 is 4.79 Å². The number of nitrogens with one attached hydrogen (secondary N) is 2. The molecule has 5 nitrogen and oxygen atoms in total. The average molecular weight is 360 g/mol. The zero-order chi connectivity index (χ0) is 18.5. The van der Waals surface area contributed by atoms with Gasteiger partial charge in [0.15, 0.2) is 0 Å². The van der Waals surface area contributed by atoms with Gasteiger partial charge in [0.25, 0.3) is 5.91 Å². The summed E-state index contributed by atoms with van der Waals surface area (Å²) in [5, 5.41) is 10.1. The van der Waals surface area contributed by atoms with E-state index in [0.29, 0.717) is 11.5 Å². The third-order valence-electron chi connectivity index (χ3n) is 5.12. The first kappa shape index (κ1) is 17.5. The molecule has 2 aromatic carbocycles. The lowest BCUT2D eigenvalue weighted by molar-refractivity contribution is 0.102. The molecule has 27 heavy (non-hydrogen) atoms. The average Bonchev–Trinajstić information content (AvgIpc) is 3.24. The Kier molecular flexibility index (Phi) is 5.30. The van der Waals surface area contributed by atoms with Gasteiger partial charge in [0, 0.05) is 42.1 Å². The largest absolute Gasteiger partial charge is 0.322 e. The van der Waals surface area contributed by atoms with E-state index in [2.05, 4.69) is 38.6 Å².